The van der Waals surface area contributed by atoms with Gasteiger partial charge in [0.25, 0.3) is 0 Å². The topological polar surface area (TPSA) is 77.3 Å². The molecule has 8 rings (SSSR count). The fraction of sp³-hybridized carbons (Fsp3) is 0. The summed E-state index contributed by atoms with van der Waals surface area (Å²) in [6.45, 7) is 0. The van der Waals surface area contributed by atoms with Crippen molar-refractivity contribution >= 4 is 43.4 Å². The predicted octanol–water partition coefficient (Wildman–Crippen LogP) is 7.67. The molecule has 6 heteroatoms. The summed E-state index contributed by atoms with van der Waals surface area (Å²) in [7, 11) is 0. The van der Waals surface area contributed by atoms with Crippen LogP contribution in [0, 0.1) is 0 Å². The molecule has 4 heterocycles. The highest BCUT2D eigenvalue weighted by atomic mass is 14.9. The Hall–Kier alpha value is -5.62. The summed E-state index contributed by atoms with van der Waals surface area (Å²) < 4.78 is 0. The van der Waals surface area contributed by atoms with Gasteiger partial charge in [0, 0.05) is 46.3 Å². The van der Waals surface area contributed by atoms with Crippen LogP contribution >= 0.6 is 0 Å². The van der Waals surface area contributed by atoms with E-state index in [1.165, 1.54) is 0 Å². The zero-order valence-corrected chi connectivity index (χ0v) is 21.2. The fourth-order valence-electron chi connectivity index (χ4n) is 5.24. The first kappa shape index (κ1) is 22.4. The van der Waals surface area contributed by atoms with Gasteiger partial charge in [0.15, 0.2) is 11.6 Å². The minimum atomic E-state index is 0.588. The SMILES string of the molecule is c1ccc2c(c1)ccc1cnc(-c3cc(-c4ccnc(-c5ncc6ccc7ccccc7c6n5)c4)ccn3)nc12. The van der Waals surface area contributed by atoms with E-state index in [1.54, 1.807) is 12.4 Å². The molecule has 0 radical (unpaired) electrons. The summed E-state index contributed by atoms with van der Waals surface area (Å²) in [5.74, 6) is 1.18. The molecule has 0 amide bonds. The molecule has 8 aromatic rings. The quantitative estimate of drug-likeness (QED) is 0.226. The number of benzene rings is 4. The summed E-state index contributed by atoms with van der Waals surface area (Å²) in [5.41, 5.74) is 5.23. The first-order valence-corrected chi connectivity index (χ1v) is 13.0. The Labute approximate surface area is 229 Å². The van der Waals surface area contributed by atoms with Gasteiger partial charge in [-0.15, -0.1) is 0 Å². The Morgan fingerprint density at radius 3 is 1.35 bits per heavy atom. The van der Waals surface area contributed by atoms with E-state index in [2.05, 4.69) is 68.5 Å². The standard InChI is InChI=1S/C34H20N6/c1-3-7-27-21(5-1)9-11-25-19-37-33(39-31(25)27)29-17-23(13-15-35-29)24-14-16-36-30(18-24)34-38-20-26-12-10-22-6-2-4-8-28(22)32(26)40-34/h1-20H. The van der Waals surface area contributed by atoms with Crippen molar-refractivity contribution in [1.82, 2.24) is 29.9 Å². The Balaban J connectivity index is 1.20. The van der Waals surface area contributed by atoms with E-state index in [0.717, 1.165) is 54.5 Å². The maximum atomic E-state index is 4.92. The molecule has 40 heavy (non-hydrogen) atoms. The first-order chi connectivity index (χ1) is 19.8. The van der Waals surface area contributed by atoms with Crippen LogP contribution in [0.5, 0.6) is 0 Å². The van der Waals surface area contributed by atoms with Crippen molar-refractivity contribution in [2.24, 2.45) is 0 Å². The molecule has 0 aliphatic heterocycles. The molecular formula is C34H20N6. The van der Waals surface area contributed by atoms with Crippen molar-refractivity contribution < 1.29 is 0 Å². The second-order valence-corrected chi connectivity index (χ2v) is 9.70. The summed E-state index contributed by atoms with van der Waals surface area (Å²) in [6, 6.07) is 32.8. The van der Waals surface area contributed by atoms with Crippen LogP contribution in [0.3, 0.4) is 0 Å². The molecule has 4 aromatic heterocycles. The van der Waals surface area contributed by atoms with E-state index in [0.29, 0.717) is 23.0 Å². The number of aromatic nitrogens is 6. The first-order valence-electron chi connectivity index (χ1n) is 13.0. The zero-order chi connectivity index (χ0) is 26.5. The van der Waals surface area contributed by atoms with Crippen molar-refractivity contribution in [2.75, 3.05) is 0 Å². The zero-order valence-electron chi connectivity index (χ0n) is 21.2. The Bertz CT molecular complexity index is 2080. The van der Waals surface area contributed by atoms with Gasteiger partial charge in [0.1, 0.15) is 11.4 Å². The van der Waals surface area contributed by atoms with E-state index >= 15 is 0 Å². The van der Waals surface area contributed by atoms with Gasteiger partial charge in [-0.1, -0.05) is 72.8 Å². The third-order valence-corrected chi connectivity index (χ3v) is 7.26. The third kappa shape index (κ3) is 3.74. The molecule has 4 aromatic carbocycles. The van der Waals surface area contributed by atoms with Crippen molar-refractivity contribution in [3.63, 3.8) is 0 Å². The Kier molecular flexibility index (Phi) is 5.03. The molecule has 0 saturated carbocycles. The smallest absolute Gasteiger partial charge is 0.178 e. The van der Waals surface area contributed by atoms with Gasteiger partial charge in [-0.25, -0.2) is 19.9 Å². The number of pyridine rings is 2. The predicted molar refractivity (Wildman–Crippen MR) is 160 cm³/mol. The number of hydrogen-bond acceptors (Lipinski definition) is 6. The largest absolute Gasteiger partial charge is 0.253 e. The van der Waals surface area contributed by atoms with Gasteiger partial charge in [0.2, 0.25) is 0 Å². The average Bonchev–Trinajstić information content (AvgIpc) is 3.04. The normalized spacial score (nSPS) is 11.5. The number of hydrogen-bond donors (Lipinski definition) is 0. The molecule has 6 nitrogen and oxygen atoms in total. The highest BCUT2D eigenvalue weighted by Gasteiger charge is 2.12. The maximum Gasteiger partial charge on any atom is 0.178 e. The van der Waals surface area contributed by atoms with Gasteiger partial charge in [-0.05, 0) is 46.2 Å². The number of nitrogens with zero attached hydrogens (tertiary/aromatic N) is 6. The maximum absolute atomic E-state index is 4.92. The van der Waals surface area contributed by atoms with E-state index in [-0.39, 0.29) is 0 Å². The van der Waals surface area contributed by atoms with E-state index < -0.39 is 0 Å². The average molecular weight is 513 g/mol. The van der Waals surface area contributed by atoms with Crippen LogP contribution in [0.2, 0.25) is 0 Å². The highest BCUT2D eigenvalue weighted by Crippen LogP contribution is 2.29. The molecule has 0 bridgehead atoms. The lowest BCUT2D eigenvalue weighted by molar-refractivity contribution is 1.17. The van der Waals surface area contributed by atoms with Crippen molar-refractivity contribution in [3.8, 4) is 34.2 Å². The van der Waals surface area contributed by atoms with Gasteiger partial charge < -0.3 is 0 Å². The molecule has 0 N–H and O–H groups in total. The van der Waals surface area contributed by atoms with Gasteiger partial charge in [0.05, 0.1) is 11.0 Å². The van der Waals surface area contributed by atoms with Gasteiger partial charge in [-0.3, -0.25) is 9.97 Å². The van der Waals surface area contributed by atoms with Crippen LogP contribution in [-0.4, -0.2) is 29.9 Å². The molecular weight excluding hydrogens is 492 g/mol. The summed E-state index contributed by atoms with van der Waals surface area (Å²) in [6.07, 6.45) is 7.31. The van der Waals surface area contributed by atoms with Crippen LogP contribution in [0.4, 0.5) is 0 Å². The lowest BCUT2D eigenvalue weighted by atomic mass is 10.1. The summed E-state index contributed by atoms with van der Waals surface area (Å²) in [4.78, 5) is 28.3. The second kappa shape index (κ2) is 8.99. The van der Waals surface area contributed by atoms with Crippen LogP contribution in [0.25, 0.3) is 77.5 Å². The third-order valence-electron chi connectivity index (χ3n) is 7.26. The van der Waals surface area contributed by atoms with Crippen molar-refractivity contribution in [3.05, 3.63) is 122 Å². The van der Waals surface area contributed by atoms with Crippen LogP contribution < -0.4 is 0 Å². The second-order valence-electron chi connectivity index (χ2n) is 9.70. The molecule has 0 saturated heterocycles. The monoisotopic (exact) mass is 512 g/mol. The highest BCUT2D eigenvalue weighted by molar-refractivity contribution is 6.06. The molecule has 0 aliphatic rings. The van der Waals surface area contributed by atoms with Crippen LogP contribution in [0.1, 0.15) is 0 Å². The molecule has 0 fully saturated rings. The molecule has 0 atom stereocenters. The lowest BCUT2D eigenvalue weighted by Gasteiger charge is -2.08. The van der Waals surface area contributed by atoms with Gasteiger partial charge >= 0.3 is 0 Å². The Morgan fingerprint density at radius 1 is 0.400 bits per heavy atom. The Morgan fingerprint density at radius 2 is 0.850 bits per heavy atom. The molecule has 186 valence electrons. The van der Waals surface area contributed by atoms with Crippen molar-refractivity contribution in [2.45, 2.75) is 0 Å². The molecule has 0 spiro atoms. The minimum Gasteiger partial charge on any atom is -0.253 e. The number of fused-ring (bicyclic) bond motifs is 6. The molecule has 0 unspecified atom stereocenters. The number of rotatable bonds is 3. The van der Waals surface area contributed by atoms with Gasteiger partial charge in [-0.2, -0.15) is 0 Å². The van der Waals surface area contributed by atoms with Crippen LogP contribution in [-0.2, 0) is 0 Å². The van der Waals surface area contributed by atoms with Crippen LogP contribution in [0.15, 0.2) is 122 Å². The lowest BCUT2D eigenvalue weighted by Crippen LogP contribution is -1.95. The van der Waals surface area contributed by atoms with Crippen molar-refractivity contribution in [1.29, 1.82) is 0 Å². The summed E-state index contributed by atoms with van der Waals surface area (Å²) >= 11 is 0. The molecule has 0 aliphatic carbocycles. The summed E-state index contributed by atoms with van der Waals surface area (Å²) in [5, 5.41) is 6.49. The minimum absolute atomic E-state index is 0.588. The van der Waals surface area contributed by atoms with E-state index in [1.807, 2.05) is 60.9 Å². The van der Waals surface area contributed by atoms with E-state index in [9.17, 15) is 0 Å². The fourth-order valence-corrected chi connectivity index (χ4v) is 5.24. The van der Waals surface area contributed by atoms with E-state index in [4.69, 9.17) is 9.97 Å².